The topological polar surface area (TPSA) is 139 Å². The van der Waals surface area contributed by atoms with Gasteiger partial charge in [0.1, 0.15) is 6.04 Å². The number of hydrogen-bond acceptors (Lipinski definition) is 8. The summed E-state index contributed by atoms with van der Waals surface area (Å²) in [4.78, 5) is 50.9. The molecule has 0 saturated carbocycles. The minimum absolute atomic E-state index is 0.0778. The molecule has 208 valence electrons. The largest absolute Gasteiger partial charge is 0.384 e. The normalized spacial score (nSPS) is 17.4. The van der Waals surface area contributed by atoms with Gasteiger partial charge in [-0.2, -0.15) is 8.42 Å². The van der Waals surface area contributed by atoms with Crippen LogP contribution in [0, 0.1) is 6.92 Å². The summed E-state index contributed by atoms with van der Waals surface area (Å²) in [6.45, 7) is 2.65. The van der Waals surface area contributed by atoms with Crippen LogP contribution in [0.2, 0.25) is 0 Å². The van der Waals surface area contributed by atoms with E-state index < -0.39 is 39.8 Å². The van der Waals surface area contributed by atoms with E-state index in [4.69, 9.17) is 4.18 Å². The van der Waals surface area contributed by atoms with E-state index in [0.29, 0.717) is 18.7 Å². The van der Waals surface area contributed by atoms with Crippen molar-refractivity contribution in [2.24, 2.45) is 0 Å². The molecule has 0 spiro atoms. The summed E-state index contributed by atoms with van der Waals surface area (Å²) in [5.74, 6) is -2.09. The van der Waals surface area contributed by atoms with Crippen LogP contribution in [0.1, 0.15) is 77.6 Å². The van der Waals surface area contributed by atoms with Crippen molar-refractivity contribution in [2.45, 2.75) is 69.2 Å². The Morgan fingerprint density at radius 2 is 1.62 bits per heavy atom. The van der Waals surface area contributed by atoms with Gasteiger partial charge in [0.2, 0.25) is 11.8 Å². The Bertz CT molecular complexity index is 1360. The third-order valence-corrected chi connectivity index (χ3v) is 8.23. The van der Waals surface area contributed by atoms with E-state index in [2.05, 4.69) is 10.6 Å². The highest BCUT2D eigenvalue weighted by Gasteiger charge is 2.45. The number of nitrogens with zero attached hydrogens (tertiary/aromatic N) is 1. The third-order valence-electron chi connectivity index (χ3n) is 6.90. The SMILES string of the molecule is Cc1ccc(S(=O)(=O)OCCCCCCCCNc2cccc3c2C(=O)N(C2CCC(=O)NC2=O)C3=O)cc1. The predicted octanol–water partition coefficient (Wildman–Crippen LogP) is 3.55. The number of carbonyl (C=O) groups excluding carboxylic acids is 4. The highest BCUT2D eigenvalue weighted by atomic mass is 32.2. The number of amides is 4. The van der Waals surface area contributed by atoms with Crippen molar-refractivity contribution >= 4 is 39.4 Å². The molecular weight excluding hydrogens is 522 g/mol. The number of benzene rings is 2. The molecule has 1 fully saturated rings. The zero-order chi connectivity index (χ0) is 28.0. The molecule has 2 aromatic carbocycles. The maximum absolute atomic E-state index is 13.1. The molecule has 0 aromatic heterocycles. The van der Waals surface area contributed by atoms with Gasteiger partial charge < -0.3 is 5.32 Å². The summed E-state index contributed by atoms with van der Waals surface area (Å²) < 4.78 is 29.5. The number of hydrogen-bond donors (Lipinski definition) is 2. The fourth-order valence-electron chi connectivity index (χ4n) is 4.76. The fourth-order valence-corrected chi connectivity index (χ4v) is 5.70. The molecule has 11 heteroatoms. The number of rotatable bonds is 13. The third kappa shape index (κ3) is 6.72. The predicted molar refractivity (Wildman–Crippen MR) is 144 cm³/mol. The molecule has 2 aromatic rings. The van der Waals surface area contributed by atoms with Crippen molar-refractivity contribution in [2.75, 3.05) is 18.5 Å². The molecule has 0 aliphatic carbocycles. The molecule has 0 bridgehead atoms. The fraction of sp³-hybridized carbons (Fsp3) is 0.429. The van der Waals surface area contributed by atoms with Gasteiger partial charge in [-0.3, -0.25) is 33.6 Å². The number of nitrogens with one attached hydrogen (secondary N) is 2. The molecule has 10 nitrogen and oxygen atoms in total. The van der Waals surface area contributed by atoms with Crippen LogP contribution in [0.4, 0.5) is 5.69 Å². The summed E-state index contributed by atoms with van der Waals surface area (Å²) >= 11 is 0. The number of piperidine rings is 1. The molecule has 1 saturated heterocycles. The molecule has 4 rings (SSSR count). The number of unbranched alkanes of at least 4 members (excludes halogenated alkanes) is 5. The standard InChI is InChI=1S/C28H33N3O7S/c1-19-11-13-20(14-12-19)39(36,37)38-18-7-5-3-2-4-6-17-29-22-10-8-9-21-25(22)28(35)31(27(21)34)23-15-16-24(32)30-26(23)33/h8-14,23,29H,2-7,15-18H2,1H3,(H,30,32,33). The Balaban J connectivity index is 1.16. The van der Waals surface area contributed by atoms with E-state index in [1.165, 1.54) is 0 Å². The van der Waals surface area contributed by atoms with Crippen LogP contribution < -0.4 is 10.6 Å². The summed E-state index contributed by atoms with van der Waals surface area (Å²) in [5, 5.41) is 5.44. The summed E-state index contributed by atoms with van der Waals surface area (Å²) in [7, 11) is -3.72. The van der Waals surface area contributed by atoms with Gasteiger partial charge in [-0.25, -0.2) is 0 Å². The molecule has 1 unspecified atom stereocenters. The molecule has 2 aliphatic heterocycles. The lowest BCUT2D eigenvalue weighted by molar-refractivity contribution is -0.136. The van der Waals surface area contributed by atoms with Gasteiger partial charge in [0.15, 0.2) is 0 Å². The Morgan fingerprint density at radius 1 is 0.923 bits per heavy atom. The second kappa shape index (κ2) is 12.5. The number of imide groups is 2. The number of aryl methyl sites for hydroxylation is 1. The Labute approximate surface area is 228 Å². The average molecular weight is 556 g/mol. The lowest BCUT2D eigenvalue weighted by atomic mass is 10.0. The first-order chi connectivity index (χ1) is 18.7. The number of fused-ring (bicyclic) bond motifs is 1. The first-order valence-electron chi connectivity index (χ1n) is 13.2. The van der Waals surface area contributed by atoms with Gasteiger partial charge in [-0.1, -0.05) is 49.4 Å². The summed E-state index contributed by atoms with van der Waals surface area (Å²) in [6, 6.07) is 10.6. The lowest BCUT2D eigenvalue weighted by Gasteiger charge is -2.27. The Hall–Kier alpha value is -3.57. The zero-order valence-electron chi connectivity index (χ0n) is 21.9. The average Bonchev–Trinajstić information content (AvgIpc) is 3.15. The van der Waals surface area contributed by atoms with Crippen LogP contribution in [-0.2, 0) is 23.9 Å². The van der Waals surface area contributed by atoms with Crippen LogP contribution in [0.5, 0.6) is 0 Å². The van der Waals surface area contributed by atoms with Crippen LogP contribution >= 0.6 is 0 Å². The van der Waals surface area contributed by atoms with Crippen LogP contribution in [0.3, 0.4) is 0 Å². The van der Waals surface area contributed by atoms with E-state index in [-0.39, 0.29) is 35.5 Å². The number of anilines is 1. The van der Waals surface area contributed by atoms with Gasteiger partial charge in [0.25, 0.3) is 21.9 Å². The van der Waals surface area contributed by atoms with Crippen molar-refractivity contribution in [1.82, 2.24) is 10.2 Å². The highest BCUT2D eigenvalue weighted by Crippen LogP contribution is 2.32. The van der Waals surface area contributed by atoms with Gasteiger partial charge >= 0.3 is 0 Å². The molecule has 2 aliphatic rings. The zero-order valence-corrected chi connectivity index (χ0v) is 22.7. The maximum Gasteiger partial charge on any atom is 0.296 e. The van der Waals surface area contributed by atoms with E-state index in [9.17, 15) is 27.6 Å². The molecule has 2 heterocycles. The van der Waals surface area contributed by atoms with E-state index in [1.54, 1.807) is 42.5 Å². The monoisotopic (exact) mass is 555 g/mol. The molecular formula is C28H33N3O7S. The van der Waals surface area contributed by atoms with E-state index in [0.717, 1.165) is 42.6 Å². The molecule has 1 atom stereocenters. The maximum atomic E-state index is 13.1. The van der Waals surface area contributed by atoms with E-state index >= 15 is 0 Å². The number of carbonyl (C=O) groups is 4. The van der Waals surface area contributed by atoms with Crippen LogP contribution in [0.25, 0.3) is 0 Å². The first kappa shape index (κ1) is 28.4. The van der Waals surface area contributed by atoms with Gasteiger partial charge in [-0.05, 0) is 50.5 Å². The Kier molecular flexibility index (Phi) is 9.13. The summed E-state index contributed by atoms with van der Waals surface area (Å²) in [5.41, 5.74) is 2.04. The smallest absolute Gasteiger partial charge is 0.296 e. The second-order valence-electron chi connectivity index (χ2n) is 9.81. The highest BCUT2D eigenvalue weighted by molar-refractivity contribution is 7.86. The van der Waals surface area contributed by atoms with Crippen molar-refractivity contribution < 1.29 is 31.8 Å². The molecule has 39 heavy (non-hydrogen) atoms. The van der Waals surface area contributed by atoms with Crippen molar-refractivity contribution in [1.29, 1.82) is 0 Å². The molecule has 4 amide bonds. The second-order valence-corrected chi connectivity index (χ2v) is 11.4. The van der Waals surface area contributed by atoms with Gasteiger partial charge in [0.05, 0.1) is 22.6 Å². The van der Waals surface area contributed by atoms with Gasteiger partial charge in [0, 0.05) is 18.7 Å². The molecule has 0 radical (unpaired) electrons. The minimum Gasteiger partial charge on any atom is -0.384 e. The van der Waals surface area contributed by atoms with Crippen LogP contribution in [0.15, 0.2) is 47.4 Å². The Morgan fingerprint density at radius 3 is 2.33 bits per heavy atom. The van der Waals surface area contributed by atoms with Crippen molar-refractivity contribution in [3.63, 3.8) is 0 Å². The van der Waals surface area contributed by atoms with Crippen LogP contribution in [-0.4, -0.2) is 56.1 Å². The van der Waals surface area contributed by atoms with Gasteiger partial charge in [-0.15, -0.1) is 0 Å². The lowest BCUT2D eigenvalue weighted by Crippen LogP contribution is -2.54. The quantitative estimate of drug-likeness (QED) is 0.217. The minimum atomic E-state index is -3.72. The first-order valence-corrected chi connectivity index (χ1v) is 14.6. The van der Waals surface area contributed by atoms with E-state index in [1.807, 2.05) is 6.92 Å². The molecule has 2 N–H and O–H groups in total. The summed E-state index contributed by atoms with van der Waals surface area (Å²) in [6.07, 6.45) is 5.42. The van der Waals surface area contributed by atoms with Crippen molar-refractivity contribution in [3.05, 3.63) is 59.2 Å². The van der Waals surface area contributed by atoms with Crippen molar-refractivity contribution in [3.8, 4) is 0 Å².